The van der Waals surface area contributed by atoms with Gasteiger partial charge in [-0.15, -0.1) is 0 Å². The van der Waals surface area contributed by atoms with E-state index in [9.17, 15) is 54.0 Å². The zero-order valence-corrected chi connectivity index (χ0v) is 23.0. The number of aliphatic hydroxyl groups excluding tert-OH is 1. The maximum atomic E-state index is 14.9. The lowest BCUT2D eigenvalue weighted by molar-refractivity contribution is -0.348. The zero-order chi connectivity index (χ0) is 31.5. The summed E-state index contributed by atoms with van der Waals surface area (Å²) < 4.78 is 122. The third kappa shape index (κ3) is 4.80. The summed E-state index contributed by atoms with van der Waals surface area (Å²) in [7, 11) is -2.17. The van der Waals surface area contributed by atoms with Crippen LogP contribution >= 0.6 is 0 Å². The molecule has 3 aliphatic rings. The van der Waals surface area contributed by atoms with Crippen LogP contribution in [-0.4, -0.2) is 80.0 Å². The predicted molar refractivity (Wildman–Crippen MR) is 134 cm³/mol. The summed E-state index contributed by atoms with van der Waals surface area (Å²) in [4.78, 5) is 32.7. The quantitative estimate of drug-likeness (QED) is 0.482. The number of halogens is 8. The molecular formula is C27H25F8N3O4S. The first-order valence-electron chi connectivity index (χ1n) is 13.3. The van der Waals surface area contributed by atoms with Crippen molar-refractivity contribution in [3.8, 4) is 0 Å². The molecule has 2 fully saturated rings. The van der Waals surface area contributed by atoms with Gasteiger partial charge < -0.3 is 14.9 Å². The van der Waals surface area contributed by atoms with Crippen molar-refractivity contribution < 1.29 is 54.0 Å². The van der Waals surface area contributed by atoms with Gasteiger partial charge >= 0.3 is 18.0 Å². The van der Waals surface area contributed by atoms with Crippen LogP contribution in [-0.2, 0) is 37.2 Å². The molecule has 1 aromatic carbocycles. The number of hydrogen-bond acceptors (Lipinski definition) is 5. The second kappa shape index (κ2) is 10.8. The minimum absolute atomic E-state index is 0.0465. The van der Waals surface area contributed by atoms with Gasteiger partial charge in [0, 0.05) is 36.2 Å². The molecule has 43 heavy (non-hydrogen) atoms. The summed E-state index contributed by atoms with van der Waals surface area (Å²) in [5, 5.41) is 9.38. The molecule has 4 atom stereocenters. The van der Waals surface area contributed by atoms with E-state index in [0.29, 0.717) is 6.07 Å². The monoisotopic (exact) mass is 639 g/mol. The van der Waals surface area contributed by atoms with E-state index in [2.05, 4.69) is 4.98 Å². The van der Waals surface area contributed by atoms with Gasteiger partial charge in [0.25, 0.3) is 0 Å². The van der Waals surface area contributed by atoms with Crippen molar-refractivity contribution >= 4 is 22.6 Å². The van der Waals surface area contributed by atoms with E-state index in [1.807, 2.05) is 0 Å². The lowest BCUT2D eigenvalue weighted by Crippen LogP contribution is -2.55. The maximum Gasteiger partial charge on any atom is 0.436 e. The Morgan fingerprint density at radius 1 is 1.05 bits per heavy atom. The molecule has 0 spiro atoms. The van der Waals surface area contributed by atoms with Crippen LogP contribution in [0.15, 0.2) is 41.4 Å². The summed E-state index contributed by atoms with van der Waals surface area (Å²) in [6.45, 7) is -0.547. The maximum absolute atomic E-state index is 14.9. The van der Waals surface area contributed by atoms with Gasteiger partial charge in [0.05, 0.1) is 29.1 Å². The number of fused-ring (bicyclic) bond motifs is 3. The topological polar surface area (TPSA) is 90.8 Å². The van der Waals surface area contributed by atoms with Crippen molar-refractivity contribution in [2.75, 3.05) is 19.7 Å². The van der Waals surface area contributed by atoms with Gasteiger partial charge in [0.15, 0.2) is 0 Å². The molecule has 234 valence electrons. The number of β-amino-alcohol motifs (C(OH)–C–C–N with tert-alkyl or cyclic N) is 1. The molecule has 16 heteroatoms. The van der Waals surface area contributed by atoms with E-state index in [1.54, 1.807) is 0 Å². The third-order valence-electron chi connectivity index (χ3n) is 8.47. The number of aliphatic hydroxyl groups is 1. The third-order valence-corrected chi connectivity index (χ3v) is 10.5. The number of amides is 2. The zero-order valence-electron chi connectivity index (χ0n) is 22.2. The van der Waals surface area contributed by atoms with E-state index in [0.717, 1.165) is 12.1 Å². The number of alkyl halides is 7. The molecular weight excluding hydrogens is 614 g/mol. The highest BCUT2D eigenvalue weighted by molar-refractivity contribution is 7.86. The van der Waals surface area contributed by atoms with Gasteiger partial charge in [-0.05, 0) is 61.6 Å². The van der Waals surface area contributed by atoms with Gasteiger partial charge in [0.1, 0.15) is 16.6 Å². The first-order chi connectivity index (χ1) is 20.1. The molecule has 2 amide bonds. The normalized spacial score (nSPS) is 25.1. The fraction of sp³-hybridized carbons (Fsp3) is 0.519. The van der Waals surface area contributed by atoms with Crippen LogP contribution in [0.2, 0.25) is 0 Å². The largest absolute Gasteiger partial charge is 0.436 e. The summed E-state index contributed by atoms with van der Waals surface area (Å²) in [5.74, 6) is -1.52. The van der Waals surface area contributed by atoms with Crippen LogP contribution in [0.1, 0.15) is 42.5 Å². The Bertz CT molecular complexity index is 1440. The number of likely N-dealkylation sites (tertiary alicyclic amines) is 2. The Morgan fingerprint density at radius 3 is 2.30 bits per heavy atom. The smallest absolute Gasteiger partial charge is 0.395 e. The fourth-order valence-corrected chi connectivity index (χ4v) is 8.41. The Kier molecular flexibility index (Phi) is 7.85. The fourth-order valence-electron chi connectivity index (χ4n) is 6.48. The molecule has 2 aliphatic heterocycles. The number of rotatable bonds is 6. The average Bonchev–Trinajstić information content (AvgIpc) is 3.52. The van der Waals surface area contributed by atoms with Crippen molar-refractivity contribution in [3.05, 3.63) is 59.2 Å². The number of aryl methyl sites for hydroxylation is 1. The minimum atomic E-state index is -6.36. The van der Waals surface area contributed by atoms with Crippen molar-refractivity contribution in [1.82, 2.24) is 14.8 Å². The van der Waals surface area contributed by atoms with Gasteiger partial charge in [-0.1, -0.05) is 0 Å². The summed E-state index contributed by atoms with van der Waals surface area (Å²) in [5.41, 5.74) is -7.83. The number of carbonyl (C=O) groups is 2. The second-order valence-electron chi connectivity index (χ2n) is 10.7. The first kappa shape index (κ1) is 31.3. The van der Waals surface area contributed by atoms with E-state index in [-0.39, 0.29) is 73.5 Å². The highest BCUT2D eigenvalue weighted by Gasteiger charge is 2.74. The SMILES string of the molecule is O=C1CCC(C(=O)N2CCC3(S(=O)c4ccc(F)cc4)c4ncc(C(F)(C(F)(F)F)C(F)(F)F)cc4CCC23)N1CCO. The molecule has 0 radical (unpaired) electrons. The highest BCUT2D eigenvalue weighted by atomic mass is 32.2. The Balaban J connectivity index is 1.62. The number of carbonyl (C=O) groups excluding carboxylic acids is 2. The van der Waals surface area contributed by atoms with Crippen LogP contribution in [0.3, 0.4) is 0 Å². The van der Waals surface area contributed by atoms with E-state index >= 15 is 0 Å². The lowest BCUT2D eigenvalue weighted by atomic mass is 9.80. The average molecular weight is 640 g/mol. The summed E-state index contributed by atoms with van der Waals surface area (Å²) in [6, 6.07) is 3.05. The first-order valence-corrected chi connectivity index (χ1v) is 14.4. The molecule has 1 aliphatic carbocycles. The molecule has 3 heterocycles. The molecule has 1 aromatic heterocycles. The van der Waals surface area contributed by atoms with Gasteiger partial charge in [-0.25, -0.2) is 8.78 Å². The number of hydrogen-bond donors (Lipinski definition) is 1. The molecule has 0 bridgehead atoms. The molecule has 0 saturated carbocycles. The molecule has 2 aromatic rings. The molecule has 5 rings (SSSR count). The van der Waals surface area contributed by atoms with Crippen LogP contribution in [0.5, 0.6) is 0 Å². The molecule has 7 nitrogen and oxygen atoms in total. The van der Waals surface area contributed by atoms with Crippen LogP contribution < -0.4 is 0 Å². The second-order valence-corrected chi connectivity index (χ2v) is 12.4. The Labute approximate surface area is 242 Å². The number of benzene rings is 1. The van der Waals surface area contributed by atoms with Crippen LogP contribution in [0.25, 0.3) is 0 Å². The summed E-state index contributed by atoms with van der Waals surface area (Å²) in [6.07, 6.45) is -12.8. The van der Waals surface area contributed by atoms with E-state index < -0.39 is 69.5 Å². The van der Waals surface area contributed by atoms with Crippen molar-refractivity contribution in [2.45, 2.75) is 71.9 Å². The molecule has 1 N–H and O–H groups in total. The molecule has 4 unspecified atom stereocenters. The summed E-state index contributed by atoms with van der Waals surface area (Å²) >= 11 is 0. The van der Waals surface area contributed by atoms with E-state index in [1.165, 1.54) is 21.9 Å². The van der Waals surface area contributed by atoms with Crippen molar-refractivity contribution in [2.24, 2.45) is 0 Å². The van der Waals surface area contributed by atoms with Crippen LogP contribution in [0.4, 0.5) is 35.1 Å². The van der Waals surface area contributed by atoms with Gasteiger partial charge in [-0.2, -0.15) is 26.3 Å². The number of pyridine rings is 1. The van der Waals surface area contributed by atoms with Gasteiger partial charge in [0.2, 0.25) is 11.8 Å². The predicted octanol–water partition coefficient (Wildman–Crippen LogP) is 4.04. The van der Waals surface area contributed by atoms with E-state index in [4.69, 9.17) is 0 Å². The lowest BCUT2D eigenvalue weighted by Gasteiger charge is -2.42. The highest BCUT2D eigenvalue weighted by Crippen LogP contribution is 2.55. The van der Waals surface area contributed by atoms with Crippen LogP contribution in [0, 0.1) is 5.82 Å². The number of aromatic nitrogens is 1. The van der Waals surface area contributed by atoms with Gasteiger partial charge in [-0.3, -0.25) is 18.8 Å². The Morgan fingerprint density at radius 2 is 1.70 bits per heavy atom. The van der Waals surface area contributed by atoms with Crippen molar-refractivity contribution in [1.29, 1.82) is 0 Å². The minimum Gasteiger partial charge on any atom is -0.395 e. The Hall–Kier alpha value is -3.14. The number of nitrogens with zero attached hydrogens (tertiary/aromatic N) is 3. The standard InChI is InChI=1S/C27H25F8N3O4S/c28-17-2-4-18(5-3-17)43(42)24-9-10-38(23(41)19-6-8-21(40)37(19)11-12-39)20(24)7-1-15-13-16(14-36-22(15)24)25(29,26(30,31)32)27(33,34)35/h2-5,13-14,19-20,39H,1,6-12H2. The molecule has 2 saturated heterocycles. The van der Waals surface area contributed by atoms with Crippen molar-refractivity contribution in [3.63, 3.8) is 0 Å².